The molecule has 11 nitrogen and oxygen atoms in total. The Bertz CT molecular complexity index is 2100. The Morgan fingerprint density at radius 1 is 1.16 bits per heavy atom. The molecule has 2 bridgehead atoms. The summed E-state index contributed by atoms with van der Waals surface area (Å²) in [5, 5.41) is 3.50. The number of aromatic nitrogens is 2. The first-order valence-electron chi connectivity index (χ1n) is 20.0. The number of methoxy groups -OCH3 is 1. The van der Waals surface area contributed by atoms with Crippen LogP contribution in [-0.4, -0.2) is 63.9 Å². The van der Waals surface area contributed by atoms with Crippen molar-refractivity contribution in [2.45, 2.75) is 89.9 Å². The van der Waals surface area contributed by atoms with Crippen LogP contribution >= 0.6 is 0 Å². The number of carbonyl (C=O) groups is 2. The third-order valence-electron chi connectivity index (χ3n) is 13.0. The second-order valence-electron chi connectivity index (χ2n) is 17.0. The van der Waals surface area contributed by atoms with Crippen LogP contribution in [0.5, 0.6) is 11.6 Å². The highest BCUT2D eigenvalue weighted by Gasteiger charge is 2.45. The first-order valence-corrected chi connectivity index (χ1v) is 21.5. The molecule has 1 spiro atoms. The van der Waals surface area contributed by atoms with Gasteiger partial charge in [0.2, 0.25) is 5.88 Å². The van der Waals surface area contributed by atoms with Crippen LogP contribution in [0.15, 0.2) is 59.1 Å². The highest BCUT2D eigenvalue weighted by Crippen LogP contribution is 2.48. The van der Waals surface area contributed by atoms with Gasteiger partial charge in [-0.05, 0) is 111 Å². The fourth-order valence-corrected chi connectivity index (χ4v) is 11.2. The number of ether oxygens (including phenoxy) is 2. The number of allylic oxidation sites excluding steroid dienone is 1. The normalized spacial score (nSPS) is 30.5. The SMILES string of the molecule is COc1nn(C)cc1C(=O)NS1(=O)=NC(=O)c2ccc3c(c2)N(C[C@@H]2CC[C@H]2[C@@H](C(N)C(C)C)/C=C/C[C@H](C)[C@H]1C)C[C@@]1(CCCc2cc(C)ccc21)CO3. The van der Waals surface area contributed by atoms with Crippen molar-refractivity contribution in [1.82, 2.24) is 14.5 Å². The Morgan fingerprint density at radius 3 is 2.69 bits per heavy atom. The third-order valence-corrected chi connectivity index (χ3v) is 15.4. The van der Waals surface area contributed by atoms with Crippen LogP contribution in [0.2, 0.25) is 0 Å². The Labute approximate surface area is 326 Å². The summed E-state index contributed by atoms with van der Waals surface area (Å²) in [6, 6.07) is 12.2. The molecule has 2 aromatic carbocycles. The van der Waals surface area contributed by atoms with E-state index in [1.807, 2.05) is 19.1 Å². The van der Waals surface area contributed by atoms with Gasteiger partial charge in [0.15, 0.2) is 0 Å². The zero-order chi connectivity index (χ0) is 39.2. The molecule has 2 aliphatic heterocycles. The van der Waals surface area contributed by atoms with Crippen LogP contribution in [-0.2, 0) is 28.8 Å². The molecular weight excluding hydrogens is 713 g/mol. The number of nitrogens with two attached hydrogens (primary N) is 1. The molecule has 3 N–H and O–H groups in total. The number of anilines is 1. The number of hydrogen-bond acceptors (Lipinski definition) is 8. The van der Waals surface area contributed by atoms with E-state index in [2.05, 4.69) is 70.2 Å². The van der Waals surface area contributed by atoms with E-state index in [1.165, 1.54) is 34.7 Å². The Kier molecular flexibility index (Phi) is 11.0. The lowest BCUT2D eigenvalue weighted by Crippen LogP contribution is -2.51. The number of amides is 2. The monoisotopic (exact) mass is 770 g/mol. The van der Waals surface area contributed by atoms with E-state index in [4.69, 9.17) is 15.2 Å². The molecule has 1 aromatic heterocycles. The van der Waals surface area contributed by atoms with Crippen LogP contribution in [0, 0.1) is 36.5 Å². The molecule has 12 heteroatoms. The van der Waals surface area contributed by atoms with Crippen molar-refractivity contribution in [3.05, 3.63) is 82.6 Å². The summed E-state index contributed by atoms with van der Waals surface area (Å²) in [6.07, 6.45) is 11.9. The van der Waals surface area contributed by atoms with Crippen molar-refractivity contribution < 1.29 is 23.3 Å². The Hall–Kier alpha value is -4.16. The summed E-state index contributed by atoms with van der Waals surface area (Å²) >= 11 is 0. The van der Waals surface area contributed by atoms with Crippen molar-refractivity contribution >= 4 is 27.4 Å². The number of nitrogens with one attached hydrogen (secondary N) is 1. The minimum atomic E-state index is -3.68. The summed E-state index contributed by atoms with van der Waals surface area (Å²) in [6.45, 7) is 12.4. The van der Waals surface area contributed by atoms with Crippen LogP contribution < -0.4 is 24.8 Å². The first kappa shape index (κ1) is 39.1. The van der Waals surface area contributed by atoms with Gasteiger partial charge in [-0.15, -0.1) is 9.46 Å². The van der Waals surface area contributed by atoms with E-state index in [-0.39, 0.29) is 34.7 Å². The predicted octanol–water partition coefficient (Wildman–Crippen LogP) is 6.77. The summed E-state index contributed by atoms with van der Waals surface area (Å²) in [5.74, 6) is 0.551. The topological polar surface area (TPSA) is 141 Å². The molecule has 1 fully saturated rings. The minimum absolute atomic E-state index is 0.0209. The Balaban J connectivity index is 1.35. The van der Waals surface area contributed by atoms with Crippen molar-refractivity contribution in [2.24, 2.45) is 46.7 Å². The van der Waals surface area contributed by atoms with Crippen LogP contribution in [0.4, 0.5) is 5.69 Å². The maximum atomic E-state index is 15.1. The molecule has 2 aliphatic carbocycles. The average molecular weight is 771 g/mol. The molecule has 55 heavy (non-hydrogen) atoms. The van der Waals surface area contributed by atoms with Crippen molar-refractivity contribution in [3.63, 3.8) is 0 Å². The largest absolute Gasteiger partial charge is 0.490 e. The van der Waals surface area contributed by atoms with Gasteiger partial charge in [0, 0.05) is 43.4 Å². The van der Waals surface area contributed by atoms with E-state index >= 15 is 4.21 Å². The zero-order valence-electron chi connectivity index (χ0n) is 33.4. The van der Waals surface area contributed by atoms with Gasteiger partial charge in [-0.2, -0.15) is 0 Å². The predicted molar refractivity (Wildman–Crippen MR) is 217 cm³/mol. The van der Waals surface area contributed by atoms with Gasteiger partial charge in [-0.3, -0.25) is 19.0 Å². The number of hydrogen-bond donors (Lipinski definition) is 2. The number of nitrogens with zero attached hydrogens (tertiary/aromatic N) is 4. The number of benzene rings is 2. The summed E-state index contributed by atoms with van der Waals surface area (Å²) in [5.41, 5.74) is 12.0. The fraction of sp³-hybridized carbons (Fsp3) is 0.558. The molecule has 1 saturated carbocycles. The summed E-state index contributed by atoms with van der Waals surface area (Å²) in [7, 11) is -0.593. The average Bonchev–Trinajstić information content (AvgIpc) is 3.46. The Morgan fingerprint density at radius 2 is 1.96 bits per heavy atom. The fourth-order valence-electron chi connectivity index (χ4n) is 9.31. The molecule has 8 atom stereocenters. The molecular formula is C43H58N6O5S. The molecule has 7 rings (SSSR count). The van der Waals surface area contributed by atoms with Gasteiger partial charge < -0.3 is 20.1 Å². The van der Waals surface area contributed by atoms with Crippen LogP contribution in [0.25, 0.3) is 0 Å². The third kappa shape index (κ3) is 7.56. The second kappa shape index (κ2) is 15.4. The van der Waals surface area contributed by atoms with Gasteiger partial charge in [0.05, 0.1) is 24.7 Å². The van der Waals surface area contributed by atoms with Crippen LogP contribution in [0.3, 0.4) is 0 Å². The second-order valence-corrected chi connectivity index (χ2v) is 19.3. The van der Waals surface area contributed by atoms with Crippen molar-refractivity contribution in [2.75, 3.05) is 31.7 Å². The van der Waals surface area contributed by atoms with Crippen molar-refractivity contribution in [1.29, 1.82) is 0 Å². The summed E-state index contributed by atoms with van der Waals surface area (Å²) in [4.78, 5) is 30.5. The number of carbonyl (C=O) groups excluding carboxylic acids is 2. The van der Waals surface area contributed by atoms with E-state index < -0.39 is 27.0 Å². The van der Waals surface area contributed by atoms with E-state index in [9.17, 15) is 9.59 Å². The maximum absolute atomic E-state index is 15.1. The smallest absolute Gasteiger partial charge is 0.286 e. The number of fused-ring (bicyclic) bond motifs is 4. The van der Waals surface area contributed by atoms with Gasteiger partial charge in [0.25, 0.3) is 11.8 Å². The molecule has 2 unspecified atom stereocenters. The first-order chi connectivity index (χ1) is 26.2. The lowest BCUT2D eigenvalue weighted by molar-refractivity contribution is 0.0979. The molecule has 3 heterocycles. The van der Waals surface area contributed by atoms with Gasteiger partial charge >= 0.3 is 0 Å². The zero-order valence-corrected chi connectivity index (χ0v) is 34.2. The van der Waals surface area contributed by atoms with E-state index in [0.717, 1.165) is 56.6 Å². The highest BCUT2D eigenvalue weighted by molar-refractivity contribution is 7.93. The molecule has 0 saturated heterocycles. The molecule has 0 radical (unpaired) electrons. The standard InChI is InChI=1S/C43H58N6O5S/c1-26(2)39(44)34-12-8-10-28(4)29(5)55(52,47-41(51)35-23-48(6)45-42(35)53-7)46-40(50)31-15-18-38-37(21-31)49(22-32-14-16-33(32)34)24-43(25-54-38)19-9-11-30-20-27(3)13-17-36(30)43/h8,12-13,15,17-18,20-21,23,26,28-29,32-34,39H,9-11,14,16,19,22,24-25,44H2,1-7H3,(H,46,47,50,51,52)/b12-8+/t28-,29+,32-,33+,34-,39?,43-,55?/m0/s1. The molecule has 2 amide bonds. The van der Waals surface area contributed by atoms with E-state index in [0.29, 0.717) is 36.3 Å². The van der Waals surface area contributed by atoms with Gasteiger partial charge in [-0.25, -0.2) is 4.21 Å². The molecule has 296 valence electrons. The lowest BCUT2D eigenvalue weighted by Gasteiger charge is -2.47. The highest BCUT2D eigenvalue weighted by atomic mass is 32.2. The minimum Gasteiger partial charge on any atom is -0.490 e. The van der Waals surface area contributed by atoms with E-state index in [1.54, 1.807) is 20.0 Å². The summed E-state index contributed by atoms with van der Waals surface area (Å²) < 4.78 is 35.7. The molecule has 3 aromatic rings. The van der Waals surface area contributed by atoms with Crippen LogP contribution in [0.1, 0.15) is 97.2 Å². The number of rotatable bonds is 5. The lowest BCUT2D eigenvalue weighted by atomic mass is 9.63. The number of aryl methyl sites for hydroxylation is 3. The van der Waals surface area contributed by atoms with Gasteiger partial charge in [-0.1, -0.05) is 56.7 Å². The molecule has 4 aliphatic rings. The van der Waals surface area contributed by atoms with Gasteiger partial charge in [0.1, 0.15) is 21.2 Å². The maximum Gasteiger partial charge on any atom is 0.286 e. The van der Waals surface area contributed by atoms with Crippen molar-refractivity contribution in [3.8, 4) is 11.6 Å². The quantitative estimate of drug-likeness (QED) is 0.271.